The van der Waals surface area contributed by atoms with Crippen molar-refractivity contribution >= 4 is 17.0 Å². The quantitative estimate of drug-likeness (QED) is 0.927. The molecule has 0 radical (unpaired) electrons. The van der Waals surface area contributed by atoms with Crippen molar-refractivity contribution in [3.63, 3.8) is 0 Å². The molecule has 2 aromatic rings. The van der Waals surface area contributed by atoms with E-state index in [9.17, 15) is 9.59 Å². The van der Waals surface area contributed by atoms with Crippen LogP contribution in [-0.2, 0) is 11.3 Å². The van der Waals surface area contributed by atoms with Crippen LogP contribution in [0.3, 0.4) is 0 Å². The molecule has 2 saturated heterocycles. The molecular weight excluding hydrogens is 306 g/mol. The zero-order chi connectivity index (χ0) is 16.5. The molecule has 1 N–H and O–H groups in total. The Morgan fingerprint density at radius 1 is 1.21 bits per heavy atom. The number of para-hydroxylation sites is 2. The summed E-state index contributed by atoms with van der Waals surface area (Å²) >= 11 is 0. The van der Waals surface area contributed by atoms with Gasteiger partial charge < -0.3 is 9.73 Å². The van der Waals surface area contributed by atoms with Gasteiger partial charge in [-0.25, -0.2) is 4.79 Å². The molecule has 2 fully saturated rings. The molecule has 0 unspecified atom stereocenters. The van der Waals surface area contributed by atoms with E-state index in [2.05, 4.69) is 10.2 Å². The van der Waals surface area contributed by atoms with Gasteiger partial charge >= 0.3 is 5.76 Å². The minimum atomic E-state index is -0.400. The molecule has 0 bridgehead atoms. The molecule has 1 aromatic heterocycles. The summed E-state index contributed by atoms with van der Waals surface area (Å²) in [6.07, 6.45) is 5.03. The summed E-state index contributed by atoms with van der Waals surface area (Å²) in [4.78, 5) is 26.8. The van der Waals surface area contributed by atoms with E-state index in [0.29, 0.717) is 24.6 Å². The normalized spacial score (nSPS) is 24.2. The van der Waals surface area contributed by atoms with Gasteiger partial charge in [0.25, 0.3) is 0 Å². The van der Waals surface area contributed by atoms with Crippen LogP contribution < -0.4 is 11.1 Å². The Labute approximate surface area is 140 Å². The lowest BCUT2D eigenvalue weighted by atomic mass is 9.99. The predicted octanol–water partition coefficient (Wildman–Crippen LogP) is 1.73. The van der Waals surface area contributed by atoms with Crippen LogP contribution in [-0.4, -0.2) is 40.5 Å². The van der Waals surface area contributed by atoms with Crippen LogP contribution in [0.5, 0.6) is 0 Å². The third kappa shape index (κ3) is 2.86. The van der Waals surface area contributed by atoms with Crippen LogP contribution in [0.1, 0.15) is 32.1 Å². The van der Waals surface area contributed by atoms with Gasteiger partial charge in [0.15, 0.2) is 5.58 Å². The second-order valence-corrected chi connectivity index (χ2v) is 6.80. The number of aromatic nitrogens is 1. The van der Waals surface area contributed by atoms with Crippen LogP contribution in [0.4, 0.5) is 0 Å². The first-order chi connectivity index (χ1) is 11.7. The standard InChI is InChI=1S/C18H23N3O3/c22-17(19-13-8-11-20-10-4-3-5-14(13)20)9-12-21-15-6-1-2-7-16(15)24-18(21)23/h1-2,6-7,13-14H,3-5,8-12H2,(H,19,22)/t13-,14+/m1/s1. The summed E-state index contributed by atoms with van der Waals surface area (Å²) in [6.45, 7) is 2.59. The fourth-order valence-corrected chi connectivity index (χ4v) is 4.13. The SMILES string of the molecule is O=C(CCn1c(=O)oc2ccccc21)N[C@@H]1CCN2CCCC[C@@H]12. The Hall–Kier alpha value is -2.08. The van der Waals surface area contributed by atoms with Crippen molar-refractivity contribution in [2.24, 2.45) is 0 Å². The Morgan fingerprint density at radius 3 is 3.00 bits per heavy atom. The first-order valence-corrected chi connectivity index (χ1v) is 8.84. The molecule has 24 heavy (non-hydrogen) atoms. The number of fused-ring (bicyclic) bond motifs is 2. The summed E-state index contributed by atoms with van der Waals surface area (Å²) in [5, 5.41) is 3.18. The maximum absolute atomic E-state index is 12.3. The molecule has 4 rings (SSSR count). The summed E-state index contributed by atoms with van der Waals surface area (Å²) < 4.78 is 6.74. The van der Waals surface area contributed by atoms with Gasteiger partial charge in [-0.05, 0) is 37.9 Å². The van der Waals surface area contributed by atoms with Gasteiger partial charge in [-0.15, -0.1) is 0 Å². The maximum Gasteiger partial charge on any atom is 0.419 e. The highest BCUT2D eigenvalue weighted by atomic mass is 16.4. The van der Waals surface area contributed by atoms with E-state index < -0.39 is 5.76 Å². The molecule has 0 spiro atoms. The molecule has 6 nitrogen and oxygen atoms in total. The zero-order valence-corrected chi connectivity index (χ0v) is 13.7. The van der Waals surface area contributed by atoms with Crippen molar-refractivity contribution in [3.8, 4) is 0 Å². The van der Waals surface area contributed by atoms with Gasteiger partial charge in [0.2, 0.25) is 5.91 Å². The average molecular weight is 329 g/mol. The van der Waals surface area contributed by atoms with Gasteiger partial charge in [-0.2, -0.15) is 0 Å². The molecule has 6 heteroatoms. The van der Waals surface area contributed by atoms with E-state index in [-0.39, 0.29) is 11.9 Å². The molecule has 0 aliphatic carbocycles. The second-order valence-electron chi connectivity index (χ2n) is 6.80. The molecule has 2 aliphatic heterocycles. The Morgan fingerprint density at radius 2 is 2.08 bits per heavy atom. The van der Waals surface area contributed by atoms with E-state index in [1.807, 2.05) is 18.2 Å². The summed E-state index contributed by atoms with van der Waals surface area (Å²) in [7, 11) is 0. The second kappa shape index (κ2) is 6.43. The van der Waals surface area contributed by atoms with E-state index in [1.54, 1.807) is 6.07 Å². The number of oxazole rings is 1. The van der Waals surface area contributed by atoms with Crippen LogP contribution in [0.2, 0.25) is 0 Å². The minimum Gasteiger partial charge on any atom is -0.408 e. The third-order valence-electron chi connectivity index (χ3n) is 5.34. The van der Waals surface area contributed by atoms with Crippen LogP contribution in [0.15, 0.2) is 33.5 Å². The number of nitrogens with zero attached hydrogens (tertiary/aromatic N) is 2. The lowest BCUT2D eigenvalue weighted by molar-refractivity contribution is -0.122. The third-order valence-corrected chi connectivity index (χ3v) is 5.34. The minimum absolute atomic E-state index is 0.0182. The number of hydrogen-bond acceptors (Lipinski definition) is 4. The average Bonchev–Trinajstić information content (AvgIpc) is 3.14. The first-order valence-electron chi connectivity index (χ1n) is 8.84. The van der Waals surface area contributed by atoms with Crippen molar-refractivity contribution in [1.29, 1.82) is 0 Å². The van der Waals surface area contributed by atoms with Gasteiger partial charge in [-0.1, -0.05) is 18.6 Å². The molecular formula is C18H23N3O3. The van der Waals surface area contributed by atoms with Crippen molar-refractivity contribution in [2.45, 2.75) is 50.7 Å². The fraction of sp³-hybridized carbons (Fsp3) is 0.556. The number of nitrogens with one attached hydrogen (secondary N) is 1. The van der Waals surface area contributed by atoms with E-state index in [0.717, 1.165) is 25.0 Å². The lowest BCUT2D eigenvalue weighted by Gasteiger charge is -2.32. The van der Waals surface area contributed by atoms with E-state index in [4.69, 9.17) is 4.42 Å². The molecule has 2 atom stereocenters. The number of piperidine rings is 1. The number of aryl methyl sites for hydroxylation is 1. The molecule has 1 amide bonds. The zero-order valence-electron chi connectivity index (χ0n) is 13.7. The highest BCUT2D eigenvalue weighted by molar-refractivity contribution is 5.77. The summed E-state index contributed by atoms with van der Waals surface area (Å²) in [5.41, 5.74) is 1.31. The number of amides is 1. The number of carbonyl (C=O) groups excluding carboxylic acids is 1. The molecule has 1 aromatic carbocycles. The number of benzene rings is 1. The van der Waals surface area contributed by atoms with Crippen molar-refractivity contribution in [3.05, 3.63) is 34.8 Å². The van der Waals surface area contributed by atoms with Crippen LogP contribution in [0, 0.1) is 0 Å². The van der Waals surface area contributed by atoms with Crippen molar-refractivity contribution < 1.29 is 9.21 Å². The van der Waals surface area contributed by atoms with Gasteiger partial charge in [0.1, 0.15) is 0 Å². The number of rotatable bonds is 4. The van der Waals surface area contributed by atoms with Crippen LogP contribution >= 0.6 is 0 Å². The van der Waals surface area contributed by atoms with Gasteiger partial charge in [0.05, 0.1) is 5.52 Å². The molecule has 3 heterocycles. The van der Waals surface area contributed by atoms with Gasteiger partial charge in [-0.3, -0.25) is 14.3 Å². The number of carbonyl (C=O) groups is 1. The number of hydrogen-bond donors (Lipinski definition) is 1. The van der Waals surface area contributed by atoms with Crippen LogP contribution in [0.25, 0.3) is 11.1 Å². The Balaban J connectivity index is 1.38. The first kappa shape index (κ1) is 15.4. The monoisotopic (exact) mass is 329 g/mol. The topological polar surface area (TPSA) is 67.5 Å². The lowest BCUT2D eigenvalue weighted by Crippen LogP contribution is -2.47. The van der Waals surface area contributed by atoms with E-state index in [1.165, 1.54) is 23.8 Å². The van der Waals surface area contributed by atoms with Crippen molar-refractivity contribution in [2.75, 3.05) is 13.1 Å². The fourth-order valence-electron chi connectivity index (χ4n) is 4.13. The van der Waals surface area contributed by atoms with E-state index >= 15 is 0 Å². The highest BCUT2D eigenvalue weighted by Crippen LogP contribution is 2.27. The Bertz CT molecular complexity index is 794. The Kier molecular flexibility index (Phi) is 4.14. The smallest absolute Gasteiger partial charge is 0.408 e. The summed E-state index contributed by atoms with van der Waals surface area (Å²) in [6, 6.07) is 8.07. The molecule has 0 saturated carbocycles. The van der Waals surface area contributed by atoms with Gasteiger partial charge in [0, 0.05) is 31.6 Å². The summed E-state index contributed by atoms with van der Waals surface area (Å²) in [5.74, 6) is -0.382. The van der Waals surface area contributed by atoms with Crippen molar-refractivity contribution in [1.82, 2.24) is 14.8 Å². The molecule has 128 valence electrons. The predicted molar refractivity (Wildman–Crippen MR) is 90.9 cm³/mol. The molecule has 2 aliphatic rings. The maximum atomic E-state index is 12.3. The highest BCUT2D eigenvalue weighted by Gasteiger charge is 2.36. The largest absolute Gasteiger partial charge is 0.419 e.